The van der Waals surface area contributed by atoms with Gasteiger partial charge in [-0.15, -0.1) is 0 Å². The molecule has 13 atom stereocenters. The Labute approximate surface area is 482 Å². The molecule has 7 amide bonds. The number of amides is 7. The third kappa shape index (κ3) is 22.6. The molecule has 0 bridgehead atoms. The number of likely N-dealkylation sites (N-methyl/N-ethyl adjacent to an activating group) is 2. The number of carbonyl (C=O) groups is 8. The van der Waals surface area contributed by atoms with E-state index in [1.807, 2.05) is 83.7 Å². The van der Waals surface area contributed by atoms with Crippen LogP contribution in [-0.2, 0) is 52.5 Å². The second-order valence-electron chi connectivity index (χ2n) is 23.2. The van der Waals surface area contributed by atoms with Crippen LogP contribution in [0.2, 0.25) is 0 Å². The Hall–Kier alpha value is -5.58. The van der Waals surface area contributed by atoms with E-state index in [0.29, 0.717) is 24.9 Å². The van der Waals surface area contributed by atoms with Crippen LogP contribution in [-0.4, -0.2) is 175 Å². The third-order valence-corrected chi connectivity index (χ3v) is 15.2. The molecular formula is C59H101N7O15. The van der Waals surface area contributed by atoms with E-state index in [4.69, 9.17) is 23.7 Å². The maximum atomic E-state index is 14.7. The Morgan fingerprint density at radius 3 is 1.91 bits per heavy atom. The summed E-state index contributed by atoms with van der Waals surface area (Å²) in [5, 5.41) is 31.1. The van der Waals surface area contributed by atoms with Crippen LogP contribution >= 0.6 is 0 Å². The first-order valence-corrected chi connectivity index (χ1v) is 29.1. The zero-order valence-corrected chi connectivity index (χ0v) is 51.5. The van der Waals surface area contributed by atoms with Gasteiger partial charge in [0, 0.05) is 71.6 Å². The van der Waals surface area contributed by atoms with Gasteiger partial charge in [0.05, 0.1) is 24.9 Å². The number of alkyl carbamates (subject to hydrolysis) is 1. The first-order chi connectivity index (χ1) is 38.0. The summed E-state index contributed by atoms with van der Waals surface area (Å²) in [6.07, 6.45) is -2.67. The monoisotopic (exact) mass is 1150 g/mol. The molecule has 1 fully saturated rings. The van der Waals surface area contributed by atoms with Gasteiger partial charge in [0.15, 0.2) is 6.29 Å². The number of rotatable bonds is 34. The molecule has 6 N–H and O–H groups in total. The molecule has 22 heteroatoms. The van der Waals surface area contributed by atoms with E-state index >= 15 is 0 Å². The van der Waals surface area contributed by atoms with Crippen molar-refractivity contribution in [3.8, 4) is 0 Å². The lowest BCUT2D eigenvalue weighted by Gasteiger charge is -2.40. The fraction of sp³-hybridized carbons (Fsp3) is 0.763. The third-order valence-electron chi connectivity index (χ3n) is 15.2. The van der Waals surface area contributed by atoms with Crippen LogP contribution in [0.15, 0.2) is 30.3 Å². The topological polar surface area (TPSA) is 281 Å². The minimum Gasteiger partial charge on any atom is -0.444 e. The number of esters is 1. The number of ether oxygens (including phenoxy) is 5. The van der Waals surface area contributed by atoms with Crippen molar-refractivity contribution in [3.05, 3.63) is 35.9 Å². The summed E-state index contributed by atoms with van der Waals surface area (Å²) in [6.45, 7) is 25.3. The molecule has 0 saturated carbocycles. The SMILES string of the molecule is CCC(CO)OC(COC(=O)NCCC(=O)N[C@H](C(=O)OC(OC(=O)N(C)[C@H](C(=O)N[C@H](C(=O)N(C)[C@H]([C@H](C)CC(=O)N1CCC[C@H]1[C@H](C)CC(=O)N[C@H](C)[C@@H](O)c1ccccc1)[C@@H](C)CC)C(C)C)C(C)C)C(C)C)C(C)C)OC. The van der Waals surface area contributed by atoms with Crippen LogP contribution < -0.4 is 21.3 Å². The summed E-state index contributed by atoms with van der Waals surface area (Å²) in [5.74, 6) is -5.10. The van der Waals surface area contributed by atoms with Crippen molar-refractivity contribution in [2.75, 3.05) is 47.5 Å². The van der Waals surface area contributed by atoms with Gasteiger partial charge in [0.2, 0.25) is 29.5 Å². The number of aliphatic hydroxyl groups excluding tert-OH is 2. The molecule has 1 aromatic rings. The second kappa shape index (κ2) is 35.4. The number of nitrogens with one attached hydrogen (secondary N) is 4. The van der Waals surface area contributed by atoms with Crippen molar-refractivity contribution in [3.63, 3.8) is 0 Å². The molecule has 462 valence electrons. The Bertz CT molecular complexity index is 2130. The number of methoxy groups -OCH3 is 1. The van der Waals surface area contributed by atoms with Crippen molar-refractivity contribution in [2.24, 2.45) is 41.4 Å². The van der Waals surface area contributed by atoms with Crippen molar-refractivity contribution < 1.29 is 72.3 Å². The highest BCUT2D eigenvalue weighted by atomic mass is 16.7. The number of hydrogen-bond donors (Lipinski definition) is 6. The molecule has 1 aliphatic heterocycles. The van der Waals surface area contributed by atoms with E-state index in [2.05, 4.69) is 21.3 Å². The highest BCUT2D eigenvalue weighted by Crippen LogP contribution is 2.31. The lowest BCUT2D eigenvalue weighted by molar-refractivity contribution is -0.181. The van der Waals surface area contributed by atoms with Gasteiger partial charge in [0.1, 0.15) is 24.7 Å². The number of nitrogens with zero attached hydrogens (tertiary/aromatic N) is 3. The molecule has 0 aliphatic carbocycles. The zero-order valence-electron chi connectivity index (χ0n) is 51.5. The molecule has 22 nitrogen and oxygen atoms in total. The fourth-order valence-electron chi connectivity index (χ4n) is 10.2. The molecule has 1 saturated heterocycles. The molecule has 1 aromatic carbocycles. The maximum absolute atomic E-state index is 14.7. The van der Waals surface area contributed by atoms with Gasteiger partial charge in [-0.3, -0.25) is 28.9 Å². The lowest BCUT2D eigenvalue weighted by Crippen LogP contribution is -2.59. The van der Waals surface area contributed by atoms with Crippen molar-refractivity contribution >= 4 is 47.7 Å². The fourth-order valence-corrected chi connectivity index (χ4v) is 10.2. The first kappa shape index (κ1) is 71.5. The second-order valence-corrected chi connectivity index (χ2v) is 23.2. The molecule has 2 rings (SSSR count). The van der Waals surface area contributed by atoms with E-state index in [9.17, 15) is 48.6 Å². The van der Waals surface area contributed by atoms with Crippen molar-refractivity contribution in [1.82, 2.24) is 36.0 Å². The Kier molecular flexibility index (Phi) is 31.3. The number of hydrogen-bond acceptors (Lipinski definition) is 15. The maximum Gasteiger partial charge on any atom is 0.413 e. The molecule has 1 heterocycles. The van der Waals surface area contributed by atoms with E-state index in [1.54, 1.807) is 60.4 Å². The van der Waals surface area contributed by atoms with Crippen LogP contribution in [0, 0.1) is 41.4 Å². The average Bonchev–Trinajstić information content (AvgIpc) is 3.94. The van der Waals surface area contributed by atoms with Gasteiger partial charge < -0.3 is 65.0 Å². The van der Waals surface area contributed by atoms with Gasteiger partial charge in [-0.2, -0.15) is 0 Å². The predicted octanol–water partition coefficient (Wildman–Crippen LogP) is 5.92. The largest absolute Gasteiger partial charge is 0.444 e. The van der Waals surface area contributed by atoms with Crippen molar-refractivity contribution in [2.45, 2.75) is 203 Å². The molecule has 0 spiro atoms. The molecule has 0 radical (unpaired) electrons. The highest BCUT2D eigenvalue weighted by Gasteiger charge is 2.41. The van der Waals surface area contributed by atoms with E-state index < -0.39 is 109 Å². The Balaban J connectivity index is 2.13. The van der Waals surface area contributed by atoms with E-state index in [1.165, 1.54) is 14.2 Å². The first-order valence-electron chi connectivity index (χ1n) is 29.1. The van der Waals surface area contributed by atoms with Crippen LogP contribution in [0.1, 0.15) is 154 Å². The number of carbonyl (C=O) groups excluding carboxylic acids is 8. The average molecular weight is 1150 g/mol. The zero-order chi connectivity index (χ0) is 61.4. The molecular weight excluding hydrogens is 1050 g/mol. The Morgan fingerprint density at radius 2 is 1.37 bits per heavy atom. The number of benzene rings is 1. The molecule has 1 aliphatic rings. The van der Waals surface area contributed by atoms with Crippen LogP contribution in [0.4, 0.5) is 9.59 Å². The standard InChI is InChI=1S/C59H101N7O15/c1-18-38(11)52(40(13)31-47(70)66-29-23-26-44(66)39(12)30-46(69)61-41(14)53(71)42-24-21-20-22-25-42)64(15)55(73)49(34(3)4)63-54(72)51(36(7)8)65(16)59(76)81-57(37(9)10)80-56(74)50(35(5)6)62-45(68)27-28-60-58(75)78-33-48(77-17)79-43(19-2)32-67/h20-22,24-25,34-41,43-44,48-53,57,67,71H,18-19,23,26-33H2,1-17H3,(H,60,75)(H,61,69)(H,62,68)(H,63,72)/t38-,39+,40+,41+,43?,44-,48?,49-,50-,51-,52-,53+,57?/m0/s1. The summed E-state index contributed by atoms with van der Waals surface area (Å²) >= 11 is 0. The summed E-state index contributed by atoms with van der Waals surface area (Å²) in [4.78, 5) is 114. The van der Waals surface area contributed by atoms with Gasteiger partial charge >= 0.3 is 18.2 Å². The lowest BCUT2D eigenvalue weighted by atomic mass is 9.84. The number of aliphatic hydroxyl groups is 2. The minimum absolute atomic E-state index is 0.0372. The summed E-state index contributed by atoms with van der Waals surface area (Å²) in [6, 6.07) is 4.75. The van der Waals surface area contributed by atoms with E-state index in [-0.39, 0.29) is 80.5 Å². The van der Waals surface area contributed by atoms with Gasteiger partial charge in [-0.25, -0.2) is 14.4 Å². The summed E-state index contributed by atoms with van der Waals surface area (Å²) in [7, 11) is 4.44. The van der Waals surface area contributed by atoms with Crippen LogP contribution in [0.5, 0.6) is 0 Å². The van der Waals surface area contributed by atoms with Gasteiger partial charge in [0.25, 0.3) is 6.29 Å². The predicted molar refractivity (Wildman–Crippen MR) is 305 cm³/mol. The molecule has 3 unspecified atom stereocenters. The van der Waals surface area contributed by atoms with Crippen molar-refractivity contribution in [1.29, 1.82) is 0 Å². The smallest absolute Gasteiger partial charge is 0.413 e. The quantitative estimate of drug-likeness (QED) is 0.0345. The molecule has 81 heavy (non-hydrogen) atoms. The minimum atomic E-state index is -1.44. The summed E-state index contributed by atoms with van der Waals surface area (Å²) < 4.78 is 27.2. The number of likely N-dealkylation sites (tertiary alicyclic amines) is 1. The van der Waals surface area contributed by atoms with Crippen LogP contribution in [0.25, 0.3) is 0 Å². The van der Waals surface area contributed by atoms with Gasteiger partial charge in [-0.05, 0) is 67.3 Å². The van der Waals surface area contributed by atoms with E-state index in [0.717, 1.165) is 17.7 Å². The van der Waals surface area contributed by atoms with Gasteiger partial charge in [-0.1, -0.05) is 127 Å². The van der Waals surface area contributed by atoms with Crippen LogP contribution in [0.3, 0.4) is 0 Å². The molecule has 0 aromatic heterocycles. The normalized spacial score (nSPS) is 18.0. The summed E-state index contributed by atoms with van der Waals surface area (Å²) in [5.41, 5.74) is 0.707. The Morgan fingerprint density at radius 1 is 0.741 bits per heavy atom. The highest BCUT2D eigenvalue weighted by molar-refractivity contribution is 5.92.